The molecule has 0 saturated carbocycles. The van der Waals surface area contributed by atoms with E-state index in [0.717, 1.165) is 28.3 Å². The highest BCUT2D eigenvalue weighted by Gasteiger charge is 2.41. The molecule has 0 fully saturated rings. The van der Waals surface area contributed by atoms with E-state index in [0.29, 0.717) is 49.5 Å². The highest BCUT2D eigenvalue weighted by molar-refractivity contribution is 6.04. The zero-order chi connectivity index (χ0) is 26.4. The van der Waals surface area contributed by atoms with E-state index in [9.17, 15) is 9.59 Å². The summed E-state index contributed by atoms with van der Waals surface area (Å²) >= 11 is 0. The van der Waals surface area contributed by atoms with Gasteiger partial charge in [-0.15, -0.1) is 0 Å². The van der Waals surface area contributed by atoms with E-state index in [2.05, 4.69) is 5.32 Å². The first-order chi connectivity index (χ1) is 18.0. The number of esters is 1. The van der Waals surface area contributed by atoms with E-state index in [-0.39, 0.29) is 18.3 Å². The average Bonchev–Trinajstić information content (AvgIpc) is 2.91. The molecule has 4 rings (SSSR count). The fraction of sp³-hybridized carbons (Fsp3) is 0.400. The molecule has 0 unspecified atom stereocenters. The van der Waals surface area contributed by atoms with Crippen LogP contribution in [0.15, 0.2) is 71.1 Å². The molecule has 7 heteroatoms. The predicted octanol–water partition coefficient (Wildman–Crippen LogP) is 5.04. The van der Waals surface area contributed by atoms with Gasteiger partial charge in [0.25, 0.3) is 0 Å². The summed E-state index contributed by atoms with van der Waals surface area (Å²) in [6, 6.07) is 15.5. The summed E-state index contributed by atoms with van der Waals surface area (Å²) in [4.78, 5) is 27.0. The Labute approximate surface area is 218 Å². The van der Waals surface area contributed by atoms with Crippen LogP contribution in [-0.2, 0) is 19.1 Å². The molecule has 1 heterocycles. The Kier molecular flexibility index (Phi) is 8.66. The number of allylic oxidation sites excluding steroid dienone is 3. The van der Waals surface area contributed by atoms with Crippen LogP contribution in [0.5, 0.6) is 11.5 Å². The van der Waals surface area contributed by atoms with E-state index < -0.39 is 11.9 Å². The van der Waals surface area contributed by atoms with Gasteiger partial charge in [-0.1, -0.05) is 24.3 Å². The third-order valence-corrected chi connectivity index (χ3v) is 6.82. The number of Topliss-reactive ketones (excluding diaryl/α,β-unsaturated/α-hetero) is 1. The number of nitrogens with one attached hydrogen (secondary N) is 1. The largest absolute Gasteiger partial charge is 0.497 e. The number of rotatable bonds is 10. The smallest absolute Gasteiger partial charge is 0.336 e. The minimum absolute atomic E-state index is 0.0283. The van der Waals surface area contributed by atoms with E-state index in [1.807, 2.05) is 69.3 Å². The quantitative estimate of drug-likeness (QED) is 0.358. The molecule has 1 aliphatic heterocycles. The fourth-order valence-corrected chi connectivity index (χ4v) is 5.09. The molecule has 0 saturated heterocycles. The average molecular weight is 506 g/mol. The third kappa shape index (κ3) is 5.88. The fourth-order valence-electron chi connectivity index (χ4n) is 5.09. The zero-order valence-corrected chi connectivity index (χ0v) is 22.0. The van der Waals surface area contributed by atoms with Crippen molar-refractivity contribution in [1.29, 1.82) is 0 Å². The second-order valence-electron chi connectivity index (χ2n) is 9.13. The van der Waals surface area contributed by atoms with Gasteiger partial charge < -0.3 is 24.3 Å². The molecule has 7 nitrogen and oxygen atoms in total. The second-order valence-corrected chi connectivity index (χ2v) is 9.13. The summed E-state index contributed by atoms with van der Waals surface area (Å²) < 4.78 is 21.8. The number of hydrogen-bond donors (Lipinski definition) is 1. The molecule has 0 amide bonds. The maximum absolute atomic E-state index is 13.7. The Morgan fingerprint density at radius 3 is 2.24 bits per heavy atom. The summed E-state index contributed by atoms with van der Waals surface area (Å²) in [7, 11) is 1.64. The molecule has 1 aliphatic carbocycles. The molecular weight excluding hydrogens is 470 g/mol. The maximum atomic E-state index is 13.7. The lowest BCUT2D eigenvalue weighted by atomic mass is 9.71. The molecule has 2 aromatic carbocycles. The molecule has 2 aliphatic rings. The number of ketones is 1. The molecule has 196 valence electrons. The van der Waals surface area contributed by atoms with Gasteiger partial charge in [-0.3, -0.25) is 4.79 Å². The van der Waals surface area contributed by atoms with Crippen LogP contribution in [0.3, 0.4) is 0 Å². The molecule has 2 aromatic rings. The molecule has 0 spiro atoms. The van der Waals surface area contributed by atoms with Gasteiger partial charge in [0.05, 0.1) is 25.9 Å². The molecule has 2 atom stereocenters. The van der Waals surface area contributed by atoms with Crippen LogP contribution >= 0.6 is 0 Å². The van der Waals surface area contributed by atoms with E-state index >= 15 is 0 Å². The Hall–Kier alpha value is -3.58. The summed E-state index contributed by atoms with van der Waals surface area (Å²) in [5, 5.41) is 3.39. The van der Waals surface area contributed by atoms with Crippen molar-refractivity contribution in [2.45, 2.75) is 45.4 Å². The van der Waals surface area contributed by atoms with Crippen LogP contribution in [0.1, 0.15) is 56.6 Å². The predicted molar refractivity (Wildman–Crippen MR) is 141 cm³/mol. The Morgan fingerprint density at radius 1 is 0.919 bits per heavy atom. The Bertz CT molecular complexity index is 1180. The zero-order valence-electron chi connectivity index (χ0n) is 22.0. The number of benzene rings is 2. The molecule has 1 N–H and O–H groups in total. The van der Waals surface area contributed by atoms with Gasteiger partial charge in [-0.25, -0.2) is 4.79 Å². The van der Waals surface area contributed by atoms with Gasteiger partial charge in [0, 0.05) is 35.9 Å². The summed E-state index contributed by atoms with van der Waals surface area (Å²) in [6.07, 6.45) is 1.04. The molecule has 0 aromatic heterocycles. The number of ether oxygens (including phenoxy) is 4. The number of methoxy groups -OCH3 is 1. The van der Waals surface area contributed by atoms with Crippen LogP contribution in [0.4, 0.5) is 0 Å². The number of carbonyl (C=O) groups excluding carboxylic acids is 2. The molecular formula is C30H35NO6. The maximum Gasteiger partial charge on any atom is 0.336 e. The number of carbonyl (C=O) groups is 2. The van der Waals surface area contributed by atoms with Crippen molar-refractivity contribution in [2.75, 3.05) is 33.5 Å². The summed E-state index contributed by atoms with van der Waals surface area (Å²) in [5.41, 5.74) is 4.58. The van der Waals surface area contributed by atoms with Gasteiger partial charge in [-0.2, -0.15) is 0 Å². The number of dihydropyridines is 1. The van der Waals surface area contributed by atoms with Crippen LogP contribution < -0.4 is 14.8 Å². The van der Waals surface area contributed by atoms with E-state index in [4.69, 9.17) is 18.9 Å². The third-order valence-electron chi connectivity index (χ3n) is 6.82. The van der Waals surface area contributed by atoms with Gasteiger partial charge in [0.1, 0.15) is 18.1 Å². The lowest BCUT2D eigenvalue weighted by molar-refractivity contribution is -0.140. The standard InChI is InChI=1S/C30H35NO6/c1-5-35-15-16-37-30(33)27-19(3)31-25-17-22(20-7-11-23(34-4)12-8-20)18-26(32)29(25)28(27)21-9-13-24(14-10-21)36-6-2/h7-14,22,28,31H,5-6,15-18H2,1-4H3/t22-,28-/m1/s1. The topological polar surface area (TPSA) is 83.1 Å². The van der Waals surface area contributed by atoms with Gasteiger partial charge >= 0.3 is 5.97 Å². The van der Waals surface area contributed by atoms with Gasteiger partial charge in [-0.05, 0) is 68.5 Å². The highest BCUT2D eigenvalue weighted by atomic mass is 16.6. The van der Waals surface area contributed by atoms with Crippen LogP contribution in [0, 0.1) is 0 Å². The molecule has 0 radical (unpaired) electrons. The monoisotopic (exact) mass is 505 g/mol. The molecule has 37 heavy (non-hydrogen) atoms. The van der Waals surface area contributed by atoms with Gasteiger partial charge in [0.15, 0.2) is 5.78 Å². The summed E-state index contributed by atoms with van der Waals surface area (Å²) in [6.45, 7) is 7.28. The number of hydrogen-bond acceptors (Lipinski definition) is 7. The second kappa shape index (κ2) is 12.1. The Morgan fingerprint density at radius 2 is 1.59 bits per heavy atom. The van der Waals surface area contributed by atoms with Crippen molar-refractivity contribution in [3.05, 3.63) is 82.2 Å². The van der Waals surface area contributed by atoms with Gasteiger partial charge in [0.2, 0.25) is 0 Å². The lowest BCUT2D eigenvalue weighted by Crippen LogP contribution is -2.36. The normalized spacial score (nSPS) is 19.3. The SMILES string of the molecule is CCOCCOC(=O)C1=C(C)NC2=C(C(=O)C[C@H](c3ccc(OC)cc3)C2)[C@@H]1c1ccc(OCC)cc1. The highest BCUT2D eigenvalue weighted by Crippen LogP contribution is 2.46. The minimum Gasteiger partial charge on any atom is -0.497 e. The first-order valence-electron chi connectivity index (χ1n) is 12.8. The Balaban J connectivity index is 1.69. The summed E-state index contributed by atoms with van der Waals surface area (Å²) in [5.74, 6) is 0.628. The van der Waals surface area contributed by atoms with E-state index in [1.54, 1.807) is 7.11 Å². The van der Waals surface area contributed by atoms with Crippen molar-refractivity contribution < 1.29 is 28.5 Å². The van der Waals surface area contributed by atoms with Crippen molar-refractivity contribution >= 4 is 11.8 Å². The van der Waals surface area contributed by atoms with Crippen molar-refractivity contribution in [2.24, 2.45) is 0 Å². The van der Waals surface area contributed by atoms with Crippen molar-refractivity contribution in [3.63, 3.8) is 0 Å². The van der Waals surface area contributed by atoms with Crippen LogP contribution in [-0.4, -0.2) is 45.3 Å². The van der Waals surface area contributed by atoms with Crippen molar-refractivity contribution in [1.82, 2.24) is 5.32 Å². The van der Waals surface area contributed by atoms with E-state index in [1.165, 1.54) is 0 Å². The first kappa shape index (κ1) is 26.5. The minimum atomic E-state index is -0.518. The lowest BCUT2D eigenvalue weighted by Gasteiger charge is -2.36. The van der Waals surface area contributed by atoms with Crippen molar-refractivity contribution in [3.8, 4) is 11.5 Å². The van der Waals surface area contributed by atoms with Crippen LogP contribution in [0.25, 0.3) is 0 Å². The first-order valence-corrected chi connectivity index (χ1v) is 12.8. The molecule has 0 bridgehead atoms. The van der Waals surface area contributed by atoms with Crippen LogP contribution in [0.2, 0.25) is 0 Å².